The molecule has 0 amide bonds. The molecule has 0 radical (unpaired) electrons. The van der Waals surface area contributed by atoms with Crippen molar-refractivity contribution in [3.05, 3.63) is 303 Å². The summed E-state index contributed by atoms with van der Waals surface area (Å²) in [6, 6.07) is 106. The first-order chi connectivity index (χ1) is 50.1. The van der Waals surface area contributed by atoms with Gasteiger partial charge in [-0.05, 0) is 118 Å². The second-order valence-electron chi connectivity index (χ2n) is 25.4. The van der Waals surface area contributed by atoms with E-state index < -0.39 is 8.07 Å². The average Bonchev–Trinajstić information content (AvgIpc) is 1.68. The van der Waals surface area contributed by atoms with Gasteiger partial charge in [0.2, 0.25) is 46.9 Å². The SMILES string of the molecule is c1ccc([Si](c2ccccc2)(c2ccc(-c3nc(-n4c5ccccc5n5c6ccccc6nc45)nc(-n4c5ccccc5n5c6ccccc6nc45)n3)cc2)c2ccc(-c3nc(-n4c5ccccc5n5c6ccccc6nc45)nc(-n4c5ccccc5n5c6ccccc6nc45)n3)cc2)cc1. The van der Waals surface area contributed by atoms with Crippen molar-refractivity contribution < 1.29 is 0 Å². The van der Waals surface area contributed by atoms with Crippen LogP contribution >= 0.6 is 0 Å². The van der Waals surface area contributed by atoms with E-state index in [9.17, 15) is 0 Å². The molecule has 10 heterocycles. The Labute approximate surface area is 572 Å². The van der Waals surface area contributed by atoms with Crippen LogP contribution in [0.3, 0.4) is 0 Å². The second-order valence-corrected chi connectivity index (χ2v) is 29.2. The van der Waals surface area contributed by atoms with Crippen LogP contribution in [0, 0.1) is 0 Å². The highest BCUT2D eigenvalue weighted by atomic mass is 28.3. The summed E-state index contributed by atoms with van der Waals surface area (Å²) in [4.78, 5) is 54.0. The Morgan fingerprint density at radius 3 is 0.663 bits per heavy atom. The third-order valence-electron chi connectivity index (χ3n) is 20.0. The predicted molar refractivity (Wildman–Crippen MR) is 400 cm³/mol. The smallest absolute Gasteiger partial charge is 0.242 e. The molecule has 10 aromatic heterocycles. The monoisotopic (exact) mass is 1310 g/mol. The summed E-state index contributed by atoms with van der Waals surface area (Å²) in [5.74, 6) is 5.33. The van der Waals surface area contributed by atoms with Crippen LogP contribution in [0.15, 0.2) is 303 Å². The molecule has 0 N–H and O–H groups in total. The van der Waals surface area contributed by atoms with Gasteiger partial charge in [0, 0.05) is 11.1 Å². The van der Waals surface area contributed by atoms with Crippen LogP contribution in [0.5, 0.6) is 0 Å². The van der Waals surface area contributed by atoms with Gasteiger partial charge >= 0.3 is 0 Å². The lowest BCUT2D eigenvalue weighted by Gasteiger charge is -2.34. The summed E-state index contributed by atoms with van der Waals surface area (Å²) in [5.41, 5.74) is 16.5. The molecule has 0 fully saturated rings. The lowest BCUT2D eigenvalue weighted by Crippen LogP contribution is -2.74. The van der Waals surface area contributed by atoms with Crippen LogP contribution in [0.1, 0.15) is 0 Å². The molecule has 0 aliphatic rings. The van der Waals surface area contributed by atoms with E-state index in [1.807, 2.05) is 97.1 Å². The number of aromatic nitrogens is 18. The van der Waals surface area contributed by atoms with E-state index in [0.717, 1.165) is 110 Å². The first kappa shape index (κ1) is 55.1. The molecule has 101 heavy (non-hydrogen) atoms. The molecule has 12 aromatic carbocycles. The van der Waals surface area contributed by atoms with Crippen LogP contribution in [0.2, 0.25) is 0 Å². The first-order valence-corrected chi connectivity index (χ1v) is 35.4. The van der Waals surface area contributed by atoms with E-state index in [4.69, 9.17) is 49.8 Å². The van der Waals surface area contributed by atoms with E-state index >= 15 is 0 Å². The van der Waals surface area contributed by atoms with Gasteiger partial charge < -0.3 is 0 Å². The minimum Gasteiger partial charge on any atom is -0.276 e. The van der Waals surface area contributed by atoms with Crippen LogP contribution in [-0.2, 0) is 0 Å². The predicted octanol–water partition coefficient (Wildman–Crippen LogP) is 13.7. The Kier molecular flexibility index (Phi) is 11.5. The molecular formula is C82H50N18Si. The number of nitrogens with zero attached hydrogens (tertiary/aromatic N) is 18. The lowest BCUT2D eigenvalue weighted by atomic mass is 10.2. The maximum absolute atomic E-state index is 5.49. The highest BCUT2D eigenvalue weighted by Crippen LogP contribution is 2.36. The van der Waals surface area contributed by atoms with Gasteiger partial charge in [-0.15, -0.1) is 0 Å². The molecule has 22 rings (SSSR count). The Bertz CT molecular complexity index is 6390. The van der Waals surface area contributed by atoms with E-state index in [-0.39, 0.29) is 0 Å². The molecule has 0 saturated carbocycles. The Morgan fingerprint density at radius 1 is 0.178 bits per heavy atom. The third-order valence-corrected chi connectivity index (χ3v) is 24.8. The second kappa shape index (κ2) is 21.0. The van der Waals surface area contributed by atoms with Crippen molar-refractivity contribution in [3.8, 4) is 46.6 Å². The van der Waals surface area contributed by atoms with Gasteiger partial charge in [0.15, 0.2) is 19.7 Å². The number of fused-ring (bicyclic) bond motifs is 20. The fraction of sp³-hybridized carbons (Fsp3) is 0. The molecule has 472 valence electrons. The standard InChI is InChI=1S/C82H50N18Si/c1-3-23-53(24-4-1)101(54-25-5-2-6-26-54,55-47-43-51(44-48-55)73-87-75(97-69-39-19-15-35-65(69)93-61-31-11-7-27-57(61)83-79(93)97)91-76(88-73)98-70-40-20-16-36-66(70)94-62-32-12-8-28-58(62)84-80(94)98)56-49-45-52(46-50-56)74-89-77(99-71-41-21-17-37-67(71)95-63-33-13-9-29-59(63)85-81(95)99)92-78(90-74)100-72-42-22-18-38-68(72)96-64-34-14-10-30-60(64)86-82(96)100/h1-50H. The Morgan fingerprint density at radius 2 is 0.396 bits per heavy atom. The molecule has 0 aliphatic heterocycles. The molecule has 22 aromatic rings. The molecule has 0 atom stereocenters. The van der Waals surface area contributed by atoms with Crippen molar-refractivity contribution in [1.82, 2.24) is 85.7 Å². The fourth-order valence-corrected chi connectivity index (χ4v) is 20.4. The highest BCUT2D eigenvalue weighted by molar-refractivity contribution is 7.19. The summed E-state index contributed by atoms with van der Waals surface area (Å²) >= 11 is 0. The zero-order chi connectivity index (χ0) is 66.0. The van der Waals surface area contributed by atoms with Crippen molar-refractivity contribution in [2.24, 2.45) is 0 Å². The summed E-state index contributed by atoms with van der Waals surface area (Å²) in [6.07, 6.45) is 0. The maximum Gasteiger partial charge on any atom is 0.242 e. The Balaban J connectivity index is 0.743. The van der Waals surface area contributed by atoms with Crippen molar-refractivity contribution >= 4 is 140 Å². The molecule has 0 aliphatic carbocycles. The summed E-state index contributed by atoms with van der Waals surface area (Å²) in [6.45, 7) is 0. The van der Waals surface area contributed by atoms with Gasteiger partial charge in [-0.3, -0.25) is 17.6 Å². The van der Waals surface area contributed by atoms with E-state index in [2.05, 4.69) is 242 Å². The molecule has 18 nitrogen and oxygen atoms in total. The largest absolute Gasteiger partial charge is 0.276 e. The van der Waals surface area contributed by atoms with Gasteiger partial charge in [0.1, 0.15) is 0 Å². The highest BCUT2D eigenvalue weighted by Gasteiger charge is 2.42. The van der Waals surface area contributed by atoms with Crippen LogP contribution < -0.4 is 20.7 Å². The molecule has 0 unspecified atom stereocenters. The quantitative estimate of drug-likeness (QED) is 0.0950. The molecule has 19 heteroatoms. The lowest BCUT2D eigenvalue weighted by molar-refractivity contribution is 0.877. The number of hydrogen-bond donors (Lipinski definition) is 0. The van der Waals surface area contributed by atoms with Gasteiger partial charge in [-0.2, -0.15) is 29.9 Å². The molecule has 0 saturated heterocycles. The fourth-order valence-electron chi connectivity index (χ4n) is 15.7. The molecule has 0 spiro atoms. The number of imidazole rings is 8. The number of rotatable bonds is 10. The first-order valence-electron chi connectivity index (χ1n) is 33.4. The van der Waals surface area contributed by atoms with Crippen molar-refractivity contribution in [1.29, 1.82) is 0 Å². The zero-order valence-electron chi connectivity index (χ0n) is 53.4. The van der Waals surface area contributed by atoms with E-state index in [1.165, 1.54) is 10.4 Å². The summed E-state index contributed by atoms with van der Waals surface area (Å²) in [5, 5.41) is 4.72. The maximum atomic E-state index is 5.49. The summed E-state index contributed by atoms with van der Waals surface area (Å²) in [7, 11) is -3.24. The average molecular weight is 1320 g/mol. The van der Waals surface area contributed by atoms with Gasteiger partial charge in [-0.25, -0.2) is 38.2 Å². The van der Waals surface area contributed by atoms with Gasteiger partial charge in [-0.1, -0.05) is 206 Å². The molecule has 0 bridgehead atoms. The Hall–Kier alpha value is -14.0. The van der Waals surface area contributed by atoms with Crippen LogP contribution in [-0.4, -0.2) is 93.8 Å². The topological polar surface area (TPSA) is 166 Å². The van der Waals surface area contributed by atoms with E-state index in [0.29, 0.717) is 58.6 Å². The normalized spacial score (nSPS) is 12.4. The summed E-state index contributed by atoms with van der Waals surface area (Å²) < 4.78 is 17.0. The minimum atomic E-state index is -3.24. The number of benzene rings is 12. The third kappa shape index (κ3) is 7.84. The van der Waals surface area contributed by atoms with Crippen LogP contribution in [0.4, 0.5) is 0 Å². The minimum absolute atomic E-state index is 0.410. The number of hydrogen-bond acceptors (Lipinski definition) is 10. The number of para-hydroxylation sites is 16. The van der Waals surface area contributed by atoms with E-state index in [1.54, 1.807) is 0 Å². The van der Waals surface area contributed by atoms with Crippen LogP contribution in [0.25, 0.3) is 158 Å². The van der Waals surface area contributed by atoms with Crippen molar-refractivity contribution in [3.63, 3.8) is 0 Å². The zero-order valence-corrected chi connectivity index (χ0v) is 54.4. The van der Waals surface area contributed by atoms with Gasteiger partial charge in [0.05, 0.1) is 88.3 Å². The molecular weight excluding hydrogens is 1270 g/mol. The van der Waals surface area contributed by atoms with Gasteiger partial charge in [0.25, 0.3) is 0 Å². The van der Waals surface area contributed by atoms with Crippen molar-refractivity contribution in [2.75, 3.05) is 0 Å². The van der Waals surface area contributed by atoms with Crippen molar-refractivity contribution in [2.45, 2.75) is 0 Å².